The minimum atomic E-state index is -0.207. The number of hydrogen-bond acceptors (Lipinski definition) is 4. The van der Waals surface area contributed by atoms with Gasteiger partial charge in [0.15, 0.2) is 0 Å². The maximum Gasteiger partial charge on any atom is 0.251 e. The van der Waals surface area contributed by atoms with Gasteiger partial charge in [-0.1, -0.05) is 24.3 Å². The third kappa shape index (κ3) is 3.97. The number of anilines is 2. The largest absolute Gasteiger partial charge is 0.399 e. The molecular weight excluding hydrogens is 266 g/mol. The first-order chi connectivity index (χ1) is 10.1. The summed E-state index contributed by atoms with van der Waals surface area (Å²) in [5.41, 5.74) is 14.8. The van der Waals surface area contributed by atoms with Crippen LogP contribution in [0.5, 0.6) is 0 Å². The summed E-state index contributed by atoms with van der Waals surface area (Å²) in [6.45, 7) is 0.935. The van der Waals surface area contributed by atoms with Crippen molar-refractivity contribution in [3.8, 4) is 0 Å². The van der Waals surface area contributed by atoms with Crippen LogP contribution in [0.3, 0.4) is 0 Å². The van der Waals surface area contributed by atoms with E-state index in [9.17, 15) is 4.79 Å². The third-order valence-corrected chi connectivity index (χ3v) is 3.10. The van der Waals surface area contributed by atoms with Crippen molar-refractivity contribution in [1.82, 2.24) is 5.32 Å². The highest BCUT2D eigenvalue weighted by molar-refractivity contribution is 5.96. The highest BCUT2D eigenvalue weighted by Crippen LogP contribution is 2.14. The predicted octanol–water partition coefficient (Wildman–Crippen LogP) is 1.93. The van der Waals surface area contributed by atoms with Gasteiger partial charge in [0.1, 0.15) is 0 Å². The molecule has 1 amide bonds. The molecule has 0 atom stereocenters. The van der Waals surface area contributed by atoms with E-state index >= 15 is 0 Å². The summed E-state index contributed by atoms with van der Waals surface area (Å²) >= 11 is 0. The Balaban J connectivity index is 2.07. The van der Waals surface area contributed by atoms with Crippen molar-refractivity contribution in [1.29, 1.82) is 0 Å². The van der Waals surface area contributed by atoms with E-state index in [1.165, 1.54) is 0 Å². The quantitative estimate of drug-likeness (QED) is 0.732. The van der Waals surface area contributed by atoms with Gasteiger partial charge in [-0.15, -0.1) is 0 Å². The van der Waals surface area contributed by atoms with E-state index in [0.717, 1.165) is 11.1 Å². The molecule has 0 aliphatic rings. The van der Waals surface area contributed by atoms with Crippen LogP contribution < -0.4 is 16.8 Å². The van der Waals surface area contributed by atoms with E-state index in [1.54, 1.807) is 25.3 Å². The highest BCUT2D eigenvalue weighted by Gasteiger charge is 2.08. The van der Waals surface area contributed by atoms with Crippen LogP contribution >= 0.6 is 0 Å². The number of nitrogens with one attached hydrogen (secondary N) is 1. The fraction of sp³-hybridized carbons (Fsp3) is 0.188. The standard InChI is InChI=1S/C16H19N3O2/c1-21-10-12-5-3-2-4-11(12)9-19-16(20)13-6-14(17)8-15(18)7-13/h2-8H,9-10,17-18H2,1H3,(H,19,20). The van der Waals surface area contributed by atoms with Crippen molar-refractivity contribution in [3.63, 3.8) is 0 Å². The molecular formula is C16H19N3O2. The van der Waals surface area contributed by atoms with E-state index < -0.39 is 0 Å². The molecule has 0 aromatic heterocycles. The molecule has 2 aromatic carbocycles. The fourth-order valence-electron chi connectivity index (χ4n) is 2.11. The number of carbonyl (C=O) groups excluding carboxylic acids is 1. The van der Waals surface area contributed by atoms with Crippen LogP contribution in [-0.2, 0) is 17.9 Å². The second-order valence-corrected chi connectivity index (χ2v) is 4.77. The second kappa shape index (κ2) is 6.76. The van der Waals surface area contributed by atoms with Gasteiger partial charge in [-0.25, -0.2) is 0 Å². The topological polar surface area (TPSA) is 90.4 Å². The van der Waals surface area contributed by atoms with Gasteiger partial charge in [0.25, 0.3) is 5.91 Å². The Morgan fingerprint density at radius 3 is 2.33 bits per heavy atom. The van der Waals surface area contributed by atoms with E-state index in [-0.39, 0.29) is 5.91 Å². The number of benzene rings is 2. The van der Waals surface area contributed by atoms with Crippen molar-refractivity contribution in [3.05, 3.63) is 59.2 Å². The summed E-state index contributed by atoms with van der Waals surface area (Å²) in [4.78, 5) is 12.1. The molecule has 0 heterocycles. The van der Waals surface area contributed by atoms with E-state index in [2.05, 4.69) is 5.32 Å². The smallest absolute Gasteiger partial charge is 0.251 e. The van der Waals surface area contributed by atoms with Gasteiger partial charge in [-0.05, 0) is 29.3 Å². The van der Waals surface area contributed by atoms with Crippen molar-refractivity contribution in [2.24, 2.45) is 0 Å². The average molecular weight is 285 g/mol. The molecule has 0 radical (unpaired) electrons. The Bertz CT molecular complexity index is 621. The van der Waals surface area contributed by atoms with Crippen molar-refractivity contribution in [2.75, 3.05) is 18.6 Å². The number of nitrogen functional groups attached to an aromatic ring is 2. The first-order valence-corrected chi connectivity index (χ1v) is 6.60. The zero-order valence-electron chi connectivity index (χ0n) is 11.9. The van der Waals surface area contributed by atoms with Crippen LogP contribution in [0.25, 0.3) is 0 Å². The van der Waals surface area contributed by atoms with E-state index in [4.69, 9.17) is 16.2 Å². The summed E-state index contributed by atoms with van der Waals surface area (Å²) < 4.78 is 5.15. The maximum absolute atomic E-state index is 12.1. The minimum Gasteiger partial charge on any atom is -0.399 e. The number of hydrogen-bond donors (Lipinski definition) is 3. The average Bonchev–Trinajstić information content (AvgIpc) is 2.45. The van der Waals surface area contributed by atoms with Crippen LogP contribution in [0, 0.1) is 0 Å². The molecule has 5 N–H and O–H groups in total. The molecule has 0 fully saturated rings. The molecule has 5 heteroatoms. The summed E-state index contributed by atoms with van der Waals surface area (Å²) in [7, 11) is 1.64. The van der Waals surface area contributed by atoms with Gasteiger partial charge < -0.3 is 21.5 Å². The van der Waals surface area contributed by atoms with Crippen LogP contribution in [0.4, 0.5) is 11.4 Å². The summed E-state index contributed by atoms with van der Waals surface area (Å²) in [6, 6.07) is 12.6. The lowest BCUT2D eigenvalue weighted by Gasteiger charge is -2.10. The predicted molar refractivity (Wildman–Crippen MR) is 83.6 cm³/mol. The SMILES string of the molecule is COCc1ccccc1CNC(=O)c1cc(N)cc(N)c1. The first kappa shape index (κ1) is 14.9. The number of amides is 1. The number of rotatable bonds is 5. The number of carbonyl (C=O) groups is 1. The molecule has 0 unspecified atom stereocenters. The molecule has 0 spiro atoms. The van der Waals surface area contributed by atoms with E-state index in [1.807, 2.05) is 24.3 Å². The first-order valence-electron chi connectivity index (χ1n) is 6.60. The Kier molecular flexibility index (Phi) is 4.79. The van der Waals surface area contributed by atoms with Gasteiger partial charge in [0.05, 0.1) is 6.61 Å². The lowest BCUT2D eigenvalue weighted by atomic mass is 10.1. The number of methoxy groups -OCH3 is 1. The Morgan fingerprint density at radius 2 is 1.71 bits per heavy atom. The molecule has 0 bridgehead atoms. The van der Waals surface area contributed by atoms with Crippen LogP contribution in [0.2, 0.25) is 0 Å². The summed E-state index contributed by atoms with van der Waals surface area (Å²) in [5, 5.41) is 2.86. The molecule has 110 valence electrons. The van der Waals surface area contributed by atoms with Crippen molar-refractivity contribution < 1.29 is 9.53 Å². The lowest BCUT2D eigenvalue weighted by Crippen LogP contribution is -2.23. The fourth-order valence-corrected chi connectivity index (χ4v) is 2.11. The van der Waals surface area contributed by atoms with Gasteiger partial charge in [0.2, 0.25) is 0 Å². The summed E-state index contributed by atoms with van der Waals surface area (Å²) in [6.07, 6.45) is 0. The van der Waals surface area contributed by atoms with Gasteiger partial charge >= 0.3 is 0 Å². The van der Waals surface area contributed by atoms with Crippen molar-refractivity contribution >= 4 is 17.3 Å². The highest BCUT2D eigenvalue weighted by atomic mass is 16.5. The monoisotopic (exact) mass is 285 g/mol. The zero-order valence-corrected chi connectivity index (χ0v) is 11.9. The van der Waals surface area contributed by atoms with Gasteiger partial charge in [-0.2, -0.15) is 0 Å². The zero-order chi connectivity index (χ0) is 15.2. The minimum absolute atomic E-state index is 0.207. The van der Waals surface area contributed by atoms with Gasteiger partial charge in [0, 0.05) is 30.6 Å². The van der Waals surface area contributed by atoms with E-state index in [0.29, 0.717) is 30.1 Å². The van der Waals surface area contributed by atoms with Gasteiger partial charge in [-0.3, -0.25) is 4.79 Å². The maximum atomic E-state index is 12.1. The summed E-state index contributed by atoms with van der Waals surface area (Å²) in [5.74, 6) is -0.207. The van der Waals surface area contributed by atoms with Crippen LogP contribution in [-0.4, -0.2) is 13.0 Å². The molecule has 21 heavy (non-hydrogen) atoms. The second-order valence-electron chi connectivity index (χ2n) is 4.77. The van der Waals surface area contributed by atoms with Crippen LogP contribution in [0.1, 0.15) is 21.5 Å². The molecule has 0 aliphatic heterocycles. The number of nitrogens with two attached hydrogens (primary N) is 2. The Morgan fingerprint density at radius 1 is 1.10 bits per heavy atom. The van der Waals surface area contributed by atoms with Crippen molar-refractivity contribution in [2.45, 2.75) is 13.2 Å². The number of ether oxygens (including phenoxy) is 1. The Labute approximate surface area is 123 Å². The molecule has 2 aromatic rings. The molecule has 2 rings (SSSR count). The molecule has 0 saturated carbocycles. The third-order valence-electron chi connectivity index (χ3n) is 3.10. The van der Waals surface area contributed by atoms with Crippen LogP contribution in [0.15, 0.2) is 42.5 Å². The normalized spacial score (nSPS) is 10.3. The molecule has 5 nitrogen and oxygen atoms in total. The molecule has 0 saturated heterocycles. The lowest BCUT2D eigenvalue weighted by molar-refractivity contribution is 0.0950. The molecule has 0 aliphatic carbocycles. The Hall–Kier alpha value is -2.53.